The van der Waals surface area contributed by atoms with Crippen LogP contribution >= 0.6 is 0 Å². The van der Waals surface area contributed by atoms with Crippen molar-refractivity contribution in [3.8, 4) is 12.3 Å². The minimum atomic E-state index is -1.55. The van der Waals surface area contributed by atoms with Crippen LogP contribution in [-0.4, -0.2) is 56.3 Å². The van der Waals surface area contributed by atoms with E-state index >= 15 is 0 Å². The Morgan fingerprint density at radius 2 is 2.30 bits per heavy atom. The molecule has 4 atom stereocenters. The summed E-state index contributed by atoms with van der Waals surface area (Å²) >= 11 is 0. The Labute approximate surface area is 132 Å². The Morgan fingerprint density at radius 1 is 1.57 bits per heavy atom. The lowest BCUT2D eigenvalue weighted by atomic mass is 9.96. The van der Waals surface area contributed by atoms with Gasteiger partial charge < -0.3 is 30.0 Å². The number of aliphatic hydroxyl groups is 2. The summed E-state index contributed by atoms with van der Waals surface area (Å²) in [4.78, 5) is 8.13. The Kier molecular flexibility index (Phi) is 3.74. The van der Waals surface area contributed by atoms with Crippen molar-refractivity contribution in [3.05, 3.63) is 18.1 Å². The number of methoxy groups -OCH3 is 1. The van der Waals surface area contributed by atoms with Gasteiger partial charge in [-0.2, -0.15) is 0 Å². The van der Waals surface area contributed by atoms with E-state index in [1.165, 1.54) is 20.4 Å². The van der Waals surface area contributed by atoms with Crippen LogP contribution in [0.1, 0.15) is 18.7 Å². The van der Waals surface area contributed by atoms with E-state index in [4.69, 9.17) is 21.6 Å². The predicted octanol–water partition coefficient (Wildman–Crippen LogP) is -0.349. The molecule has 2 unspecified atom stereocenters. The van der Waals surface area contributed by atoms with E-state index in [9.17, 15) is 10.2 Å². The summed E-state index contributed by atoms with van der Waals surface area (Å²) in [6.07, 6.45) is 5.74. The fraction of sp³-hybridized carbons (Fsp3) is 0.467. The number of aromatic nitrogens is 3. The maximum atomic E-state index is 10.7. The molecular weight excluding hydrogens is 300 g/mol. The van der Waals surface area contributed by atoms with Crippen LogP contribution in [0.15, 0.2) is 12.5 Å². The van der Waals surface area contributed by atoms with E-state index in [-0.39, 0.29) is 12.4 Å². The van der Waals surface area contributed by atoms with Crippen LogP contribution in [0.4, 0.5) is 5.82 Å². The molecule has 8 nitrogen and oxygen atoms in total. The second-order valence-electron chi connectivity index (χ2n) is 5.70. The Hall–Kier alpha value is -2.18. The second kappa shape index (κ2) is 5.47. The fourth-order valence-electron chi connectivity index (χ4n) is 2.94. The first-order valence-corrected chi connectivity index (χ1v) is 7.04. The topological polar surface area (TPSA) is 116 Å². The fourth-order valence-corrected chi connectivity index (χ4v) is 2.94. The molecule has 3 rings (SSSR count). The Morgan fingerprint density at radius 3 is 2.96 bits per heavy atom. The summed E-state index contributed by atoms with van der Waals surface area (Å²) in [5.41, 5.74) is 5.25. The number of hydrogen-bond donors (Lipinski definition) is 3. The van der Waals surface area contributed by atoms with Crippen LogP contribution in [0.25, 0.3) is 11.0 Å². The van der Waals surface area contributed by atoms with Crippen molar-refractivity contribution in [2.45, 2.75) is 31.0 Å². The van der Waals surface area contributed by atoms with Gasteiger partial charge in [-0.3, -0.25) is 0 Å². The molecule has 4 N–H and O–H groups in total. The van der Waals surface area contributed by atoms with E-state index in [1.54, 1.807) is 10.8 Å². The lowest BCUT2D eigenvalue weighted by molar-refractivity contribution is -0.0954. The summed E-state index contributed by atoms with van der Waals surface area (Å²) < 4.78 is 12.4. The van der Waals surface area contributed by atoms with E-state index in [2.05, 4.69) is 15.9 Å². The van der Waals surface area contributed by atoms with Gasteiger partial charge in [-0.1, -0.05) is 5.92 Å². The number of fused-ring (bicyclic) bond motifs is 1. The summed E-state index contributed by atoms with van der Waals surface area (Å²) in [7, 11) is 1.49. The molecule has 122 valence electrons. The van der Waals surface area contributed by atoms with Gasteiger partial charge in [0.2, 0.25) is 0 Å². The van der Waals surface area contributed by atoms with Crippen LogP contribution in [0, 0.1) is 12.3 Å². The number of terminal acetylenes is 1. The lowest BCUT2D eigenvalue weighted by Gasteiger charge is -2.27. The molecule has 0 spiro atoms. The molecule has 23 heavy (non-hydrogen) atoms. The third kappa shape index (κ3) is 2.26. The van der Waals surface area contributed by atoms with Gasteiger partial charge in [0.05, 0.1) is 17.6 Å². The average Bonchev–Trinajstić information content (AvgIpc) is 2.99. The van der Waals surface area contributed by atoms with Crippen LogP contribution in [0.2, 0.25) is 0 Å². The zero-order valence-electron chi connectivity index (χ0n) is 12.8. The number of nitrogens with two attached hydrogens (primary N) is 1. The monoisotopic (exact) mass is 318 g/mol. The largest absolute Gasteiger partial charge is 0.387 e. The normalized spacial score (nSPS) is 30.7. The molecule has 0 saturated carbocycles. The first-order chi connectivity index (χ1) is 10.9. The third-order valence-electron chi connectivity index (χ3n) is 4.13. The Balaban J connectivity index is 2.14. The summed E-state index contributed by atoms with van der Waals surface area (Å²) in [5.74, 6) is 2.77. The third-order valence-corrected chi connectivity index (χ3v) is 4.13. The molecule has 2 aromatic rings. The highest BCUT2D eigenvalue weighted by molar-refractivity contribution is 5.92. The van der Waals surface area contributed by atoms with Crippen molar-refractivity contribution in [2.75, 3.05) is 19.5 Å². The van der Waals surface area contributed by atoms with E-state index in [0.29, 0.717) is 16.6 Å². The molecule has 0 bridgehead atoms. The van der Waals surface area contributed by atoms with Crippen LogP contribution in [-0.2, 0) is 9.47 Å². The van der Waals surface area contributed by atoms with Crippen LogP contribution in [0.3, 0.4) is 0 Å². The number of nitrogen functional groups attached to an aromatic ring is 1. The van der Waals surface area contributed by atoms with E-state index in [1.807, 2.05) is 0 Å². The van der Waals surface area contributed by atoms with Crippen LogP contribution in [0.5, 0.6) is 0 Å². The zero-order valence-corrected chi connectivity index (χ0v) is 12.8. The number of nitrogens with zero attached hydrogens (tertiary/aromatic N) is 3. The van der Waals surface area contributed by atoms with Gasteiger partial charge in [0, 0.05) is 13.3 Å². The number of anilines is 1. The highest BCUT2D eigenvalue weighted by Gasteiger charge is 2.53. The number of rotatable bonds is 3. The smallest absolute Gasteiger partial charge is 0.167 e. The van der Waals surface area contributed by atoms with Crippen molar-refractivity contribution < 1.29 is 19.7 Å². The van der Waals surface area contributed by atoms with Gasteiger partial charge >= 0.3 is 0 Å². The van der Waals surface area contributed by atoms with Gasteiger partial charge in [0.25, 0.3) is 0 Å². The molecule has 8 heteroatoms. The quantitative estimate of drug-likeness (QED) is 0.662. The SMILES string of the molecule is C#Cc1cn([C@@H]2OC(COC)C(O)[C@@]2(C)O)c2ncnc(N)c12. The van der Waals surface area contributed by atoms with Gasteiger partial charge in [0.1, 0.15) is 35.6 Å². The molecule has 1 aliphatic rings. The van der Waals surface area contributed by atoms with Crippen molar-refractivity contribution in [2.24, 2.45) is 0 Å². The molecule has 1 fully saturated rings. The summed E-state index contributed by atoms with van der Waals surface area (Å²) in [6.45, 7) is 1.63. The minimum absolute atomic E-state index is 0.145. The standard InChI is InChI=1S/C15H18N4O4/c1-4-8-5-19(13-10(8)12(16)17-7-18-13)14-15(2,21)11(20)9(23-14)6-22-3/h1,5,7,9,11,14,20-21H,6H2,2-3H3,(H2,16,17,18)/t9?,11?,14-,15-/m1/s1. The van der Waals surface area contributed by atoms with Gasteiger partial charge in [-0.25, -0.2) is 9.97 Å². The number of aliphatic hydroxyl groups excluding tert-OH is 1. The Bertz CT molecular complexity index is 780. The predicted molar refractivity (Wildman–Crippen MR) is 82.3 cm³/mol. The minimum Gasteiger partial charge on any atom is -0.387 e. The van der Waals surface area contributed by atoms with Gasteiger partial charge in [-0.05, 0) is 6.92 Å². The van der Waals surface area contributed by atoms with Crippen molar-refractivity contribution >= 4 is 16.9 Å². The van der Waals surface area contributed by atoms with E-state index < -0.39 is 24.0 Å². The highest BCUT2D eigenvalue weighted by Crippen LogP contribution is 2.40. The number of ether oxygens (including phenoxy) is 2. The maximum Gasteiger partial charge on any atom is 0.167 e. The molecule has 0 aliphatic carbocycles. The summed E-state index contributed by atoms with van der Waals surface area (Å²) in [6, 6.07) is 0. The molecule has 1 saturated heterocycles. The first-order valence-electron chi connectivity index (χ1n) is 7.04. The number of hydrogen-bond acceptors (Lipinski definition) is 7. The molecule has 0 radical (unpaired) electrons. The molecule has 0 amide bonds. The molecule has 2 aromatic heterocycles. The second-order valence-corrected chi connectivity index (χ2v) is 5.70. The van der Waals surface area contributed by atoms with Gasteiger partial charge in [0.15, 0.2) is 6.23 Å². The van der Waals surface area contributed by atoms with E-state index in [0.717, 1.165) is 0 Å². The zero-order chi connectivity index (χ0) is 16.8. The maximum absolute atomic E-state index is 10.7. The average molecular weight is 318 g/mol. The highest BCUT2D eigenvalue weighted by atomic mass is 16.6. The molecule has 3 heterocycles. The first kappa shape index (κ1) is 15.7. The lowest BCUT2D eigenvalue weighted by Crippen LogP contribution is -2.44. The molecular formula is C15H18N4O4. The van der Waals surface area contributed by atoms with Crippen LogP contribution < -0.4 is 5.73 Å². The van der Waals surface area contributed by atoms with Gasteiger partial charge in [-0.15, -0.1) is 6.42 Å². The summed E-state index contributed by atoms with van der Waals surface area (Å²) in [5, 5.41) is 21.5. The van der Waals surface area contributed by atoms with Crippen molar-refractivity contribution in [1.82, 2.24) is 14.5 Å². The molecule has 1 aliphatic heterocycles. The van der Waals surface area contributed by atoms with Crippen molar-refractivity contribution in [3.63, 3.8) is 0 Å². The molecule has 0 aromatic carbocycles. The van der Waals surface area contributed by atoms with Crippen molar-refractivity contribution in [1.29, 1.82) is 0 Å².